The Labute approximate surface area is 104 Å². The van der Waals surface area contributed by atoms with E-state index in [1.165, 1.54) is 0 Å². The maximum Gasteiger partial charge on any atom is 0.113 e. The molecule has 0 aliphatic heterocycles. The molecule has 0 radical (unpaired) electrons. The van der Waals surface area contributed by atoms with E-state index in [-0.39, 0.29) is 0 Å². The van der Waals surface area contributed by atoms with Crippen molar-refractivity contribution in [3.05, 3.63) is 59.7 Å². The van der Waals surface area contributed by atoms with Crippen LogP contribution in [0.1, 0.15) is 11.1 Å². The molecule has 0 aliphatic carbocycles. The van der Waals surface area contributed by atoms with Crippen molar-refractivity contribution in [2.45, 2.75) is 6.54 Å². The second-order valence-electron chi connectivity index (χ2n) is 4.05. The molecular formula is C14H10N4. The topological polar surface area (TPSA) is 54.5 Å². The summed E-state index contributed by atoms with van der Waals surface area (Å²) in [5.74, 6) is 0. The number of nitrogens with zero attached hydrogens (tertiary/aromatic N) is 4. The zero-order chi connectivity index (χ0) is 12.4. The van der Waals surface area contributed by atoms with Crippen molar-refractivity contribution >= 4 is 11.0 Å². The molecule has 18 heavy (non-hydrogen) atoms. The van der Waals surface area contributed by atoms with Gasteiger partial charge in [-0.25, -0.2) is 4.68 Å². The Hall–Kier alpha value is -2.67. The van der Waals surface area contributed by atoms with E-state index in [9.17, 15) is 0 Å². The van der Waals surface area contributed by atoms with Gasteiger partial charge in [-0.15, -0.1) is 5.10 Å². The Morgan fingerprint density at radius 1 is 1.11 bits per heavy atom. The highest BCUT2D eigenvalue weighted by molar-refractivity contribution is 5.76. The molecular weight excluding hydrogens is 224 g/mol. The van der Waals surface area contributed by atoms with E-state index in [1.807, 2.05) is 47.1 Å². The van der Waals surface area contributed by atoms with Gasteiger partial charge in [0, 0.05) is 0 Å². The molecule has 0 bridgehead atoms. The van der Waals surface area contributed by atoms with E-state index in [0.717, 1.165) is 16.6 Å². The lowest BCUT2D eigenvalue weighted by atomic mass is 10.2. The average Bonchev–Trinajstić information content (AvgIpc) is 2.82. The number of rotatable bonds is 2. The van der Waals surface area contributed by atoms with E-state index >= 15 is 0 Å². The lowest BCUT2D eigenvalue weighted by Gasteiger charge is -2.02. The molecule has 0 fully saturated rings. The van der Waals surface area contributed by atoms with Crippen molar-refractivity contribution in [3.63, 3.8) is 0 Å². The highest BCUT2D eigenvalue weighted by atomic mass is 15.4. The first-order valence-corrected chi connectivity index (χ1v) is 5.64. The lowest BCUT2D eigenvalue weighted by molar-refractivity contribution is 0.670. The molecule has 0 spiro atoms. The molecule has 0 aliphatic rings. The van der Waals surface area contributed by atoms with Crippen LogP contribution in [0.2, 0.25) is 0 Å². The summed E-state index contributed by atoms with van der Waals surface area (Å²) in [7, 11) is 0. The molecule has 86 valence electrons. The van der Waals surface area contributed by atoms with Crippen molar-refractivity contribution < 1.29 is 0 Å². The number of aromatic nitrogens is 3. The molecule has 0 N–H and O–H groups in total. The maximum absolute atomic E-state index is 8.92. The van der Waals surface area contributed by atoms with Gasteiger partial charge in [-0.3, -0.25) is 0 Å². The van der Waals surface area contributed by atoms with Crippen LogP contribution in [0, 0.1) is 11.3 Å². The molecule has 0 saturated heterocycles. The van der Waals surface area contributed by atoms with Gasteiger partial charge in [0.1, 0.15) is 5.52 Å². The second-order valence-corrected chi connectivity index (χ2v) is 4.05. The third-order valence-corrected chi connectivity index (χ3v) is 2.82. The summed E-state index contributed by atoms with van der Waals surface area (Å²) < 4.78 is 1.81. The molecule has 0 amide bonds. The van der Waals surface area contributed by atoms with E-state index in [4.69, 9.17) is 5.26 Å². The Morgan fingerprint density at radius 2 is 1.94 bits per heavy atom. The molecule has 0 saturated carbocycles. The van der Waals surface area contributed by atoms with Crippen LogP contribution in [0.15, 0.2) is 48.5 Å². The molecule has 3 rings (SSSR count). The molecule has 2 aromatic carbocycles. The van der Waals surface area contributed by atoms with E-state index in [1.54, 1.807) is 6.07 Å². The van der Waals surface area contributed by atoms with Crippen molar-refractivity contribution in [1.29, 1.82) is 5.26 Å². The fraction of sp³-hybridized carbons (Fsp3) is 0.0714. The first-order valence-electron chi connectivity index (χ1n) is 5.64. The van der Waals surface area contributed by atoms with Crippen LogP contribution < -0.4 is 0 Å². The van der Waals surface area contributed by atoms with E-state index < -0.39 is 0 Å². The van der Waals surface area contributed by atoms with Gasteiger partial charge in [-0.05, 0) is 23.8 Å². The van der Waals surface area contributed by atoms with Crippen LogP contribution in [0.5, 0.6) is 0 Å². The summed E-state index contributed by atoms with van der Waals surface area (Å²) in [6, 6.07) is 17.6. The van der Waals surface area contributed by atoms with Crippen LogP contribution in [0.25, 0.3) is 11.0 Å². The number of fused-ring (bicyclic) bond motifs is 1. The third kappa shape index (κ3) is 1.82. The summed E-state index contributed by atoms with van der Waals surface area (Å²) in [5.41, 5.74) is 3.48. The smallest absolute Gasteiger partial charge is 0.113 e. The molecule has 3 aromatic rings. The zero-order valence-electron chi connectivity index (χ0n) is 9.61. The SMILES string of the molecule is N#Cc1ccc2nnn(Cc3ccccc3)c2c1. The fourth-order valence-electron chi connectivity index (χ4n) is 1.91. The van der Waals surface area contributed by atoms with Gasteiger partial charge in [0.2, 0.25) is 0 Å². The Balaban J connectivity index is 2.05. The largest absolute Gasteiger partial charge is 0.240 e. The van der Waals surface area contributed by atoms with Crippen LogP contribution in [0.3, 0.4) is 0 Å². The zero-order valence-corrected chi connectivity index (χ0v) is 9.61. The molecule has 1 heterocycles. The quantitative estimate of drug-likeness (QED) is 0.684. The summed E-state index contributed by atoms with van der Waals surface area (Å²) in [6.07, 6.45) is 0. The predicted octanol–water partition coefficient (Wildman–Crippen LogP) is 2.35. The summed E-state index contributed by atoms with van der Waals surface area (Å²) in [5, 5.41) is 17.1. The summed E-state index contributed by atoms with van der Waals surface area (Å²) in [6.45, 7) is 0.659. The van der Waals surface area contributed by atoms with Crippen molar-refractivity contribution in [2.75, 3.05) is 0 Å². The van der Waals surface area contributed by atoms with Crippen LogP contribution in [0.4, 0.5) is 0 Å². The van der Waals surface area contributed by atoms with Crippen LogP contribution >= 0.6 is 0 Å². The third-order valence-electron chi connectivity index (χ3n) is 2.82. The van der Waals surface area contributed by atoms with Crippen molar-refractivity contribution in [3.8, 4) is 6.07 Å². The number of benzene rings is 2. The molecule has 1 aromatic heterocycles. The lowest BCUT2D eigenvalue weighted by Crippen LogP contribution is -2.01. The minimum atomic E-state index is 0.624. The van der Waals surface area contributed by atoms with Crippen LogP contribution in [-0.4, -0.2) is 15.0 Å². The molecule has 4 nitrogen and oxygen atoms in total. The van der Waals surface area contributed by atoms with Gasteiger partial charge in [0.25, 0.3) is 0 Å². The molecule has 0 atom stereocenters. The Bertz CT molecular complexity index is 722. The van der Waals surface area contributed by atoms with Gasteiger partial charge in [-0.1, -0.05) is 35.5 Å². The maximum atomic E-state index is 8.92. The van der Waals surface area contributed by atoms with Crippen molar-refractivity contribution in [2.24, 2.45) is 0 Å². The first-order chi connectivity index (χ1) is 8.86. The Kier molecular flexibility index (Phi) is 2.50. The molecule has 0 unspecified atom stereocenters. The van der Waals surface area contributed by atoms with Crippen molar-refractivity contribution in [1.82, 2.24) is 15.0 Å². The normalized spacial score (nSPS) is 10.4. The monoisotopic (exact) mass is 234 g/mol. The number of hydrogen-bond donors (Lipinski definition) is 0. The number of hydrogen-bond acceptors (Lipinski definition) is 3. The van der Waals surface area contributed by atoms with Gasteiger partial charge in [-0.2, -0.15) is 5.26 Å². The predicted molar refractivity (Wildman–Crippen MR) is 67.8 cm³/mol. The highest BCUT2D eigenvalue weighted by Crippen LogP contribution is 2.14. The summed E-state index contributed by atoms with van der Waals surface area (Å²) in [4.78, 5) is 0. The van der Waals surface area contributed by atoms with Gasteiger partial charge in [0.15, 0.2) is 0 Å². The van der Waals surface area contributed by atoms with Crippen LogP contribution in [-0.2, 0) is 6.54 Å². The highest BCUT2D eigenvalue weighted by Gasteiger charge is 2.05. The van der Waals surface area contributed by atoms with Gasteiger partial charge in [0.05, 0.1) is 23.7 Å². The summed E-state index contributed by atoms with van der Waals surface area (Å²) >= 11 is 0. The average molecular weight is 234 g/mol. The van der Waals surface area contributed by atoms with Gasteiger partial charge < -0.3 is 0 Å². The first kappa shape index (κ1) is 10.5. The Morgan fingerprint density at radius 3 is 2.72 bits per heavy atom. The minimum Gasteiger partial charge on any atom is -0.240 e. The van der Waals surface area contributed by atoms with Gasteiger partial charge >= 0.3 is 0 Å². The molecule has 4 heteroatoms. The number of nitriles is 1. The fourth-order valence-corrected chi connectivity index (χ4v) is 1.91. The standard InChI is InChI=1S/C14H10N4/c15-9-12-6-7-13-14(8-12)18(17-16-13)10-11-4-2-1-3-5-11/h1-8H,10H2. The van der Waals surface area contributed by atoms with E-state index in [2.05, 4.69) is 16.4 Å². The van der Waals surface area contributed by atoms with E-state index in [0.29, 0.717) is 12.1 Å². The minimum absolute atomic E-state index is 0.624. The second kappa shape index (κ2) is 4.30.